The van der Waals surface area contributed by atoms with E-state index in [1.54, 1.807) is 0 Å². The summed E-state index contributed by atoms with van der Waals surface area (Å²) in [5, 5.41) is 22.2. The topological polar surface area (TPSA) is 92.5 Å². The fourth-order valence-electron chi connectivity index (χ4n) is 1.31. The van der Waals surface area contributed by atoms with Gasteiger partial charge in [-0.25, -0.2) is 9.18 Å². The monoisotopic (exact) mass is 274 g/mol. The molecule has 8 heteroatoms. The molecule has 0 spiro atoms. The van der Waals surface area contributed by atoms with Gasteiger partial charge in [0.25, 0.3) is 5.69 Å². The van der Waals surface area contributed by atoms with Crippen molar-refractivity contribution in [1.29, 1.82) is 0 Å². The molecular weight excluding hydrogens is 263 g/mol. The van der Waals surface area contributed by atoms with Crippen LogP contribution in [-0.2, 0) is 0 Å². The van der Waals surface area contributed by atoms with E-state index in [4.69, 9.17) is 5.11 Å². The first-order valence-corrected chi connectivity index (χ1v) is 6.30. The fourth-order valence-corrected chi connectivity index (χ4v) is 1.61. The lowest BCUT2D eigenvalue weighted by Crippen LogP contribution is -2.09. The Bertz CT molecular complexity index is 481. The Hall–Kier alpha value is -1.83. The number of nitro groups is 1. The van der Waals surface area contributed by atoms with E-state index in [-0.39, 0.29) is 5.69 Å². The van der Waals surface area contributed by atoms with Gasteiger partial charge in [0.2, 0.25) is 0 Å². The number of hydrogen-bond donors (Lipinski definition) is 2. The van der Waals surface area contributed by atoms with Gasteiger partial charge in [-0.2, -0.15) is 11.8 Å². The molecule has 6 nitrogen and oxygen atoms in total. The molecule has 0 bridgehead atoms. The number of rotatable bonds is 6. The van der Waals surface area contributed by atoms with E-state index >= 15 is 0 Å². The van der Waals surface area contributed by atoms with Crippen LogP contribution in [0.2, 0.25) is 0 Å². The standard InChI is InChI=1S/C10H11FN2O4S/c1-18-3-2-12-8-4-6(10(14)15)7(11)5-9(8)13(16)17/h4-5,12H,2-3H2,1H3,(H,14,15). The van der Waals surface area contributed by atoms with Crippen molar-refractivity contribution < 1.29 is 19.2 Å². The number of carboxylic acid groups (broad SMARTS) is 1. The first-order chi connectivity index (χ1) is 8.47. The quantitative estimate of drug-likeness (QED) is 0.469. The van der Waals surface area contributed by atoms with Crippen LogP contribution >= 0.6 is 11.8 Å². The maximum Gasteiger partial charge on any atom is 0.338 e. The normalized spacial score (nSPS) is 10.1. The number of aromatic carboxylic acids is 1. The van der Waals surface area contributed by atoms with Crippen molar-refractivity contribution in [2.24, 2.45) is 0 Å². The van der Waals surface area contributed by atoms with Crippen LogP contribution in [0.3, 0.4) is 0 Å². The first kappa shape index (κ1) is 14.2. The average molecular weight is 274 g/mol. The van der Waals surface area contributed by atoms with Crippen molar-refractivity contribution in [3.05, 3.63) is 33.6 Å². The van der Waals surface area contributed by atoms with Crippen LogP contribution in [0.4, 0.5) is 15.8 Å². The molecule has 0 heterocycles. The fraction of sp³-hybridized carbons (Fsp3) is 0.300. The molecule has 0 saturated heterocycles. The summed E-state index contributed by atoms with van der Waals surface area (Å²) in [7, 11) is 0. The molecule has 0 aliphatic heterocycles. The number of hydrogen-bond acceptors (Lipinski definition) is 5. The van der Waals surface area contributed by atoms with Gasteiger partial charge in [0.1, 0.15) is 11.5 Å². The number of nitrogens with one attached hydrogen (secondary N) is 1. The maximum absolute atomic E-state index is 13.3. The zero-order valence-corrected chi connectivity index (χ0v) is 10.3. The molecule has 1 rings (SSSR count). The molecule has 0 aliphatic rings. The molecule has 0 fully saturated rings. The van der Waals surface area contributed by atoms with Crippen molar-refractivity contribution >= 4 is 29.1 Å². The van der Waals surface area contributed by atoms with Gasteiger partial charge >= 0.3 is 5.97 Å². The molecule has 0 unspecified atom stereocenters. The lowest BCUT2D eigenvalue weighted by molar-refractivity contribution is -0.384. The Balaban J connectivity index is 3.14. The lowest BCUT2D eigenvalue weighted by atomic mass is 10.1. The van der Waals surface area contributed by atoms with Crippen molar-refractivity contribution in [2.45, 2.75) is 0 Å². The second-order valence-corrected chi connectivity index (χ2v) is 4.32. The van der Waals surface area contributed by atoms with Crippen LogP contribution in [0.15, 0.2) is 12.1 Å². The maximum atomic E-state index is 13.3. The minimum absolute atomic E-state index is 0.00727. The molecule has 98 valence electrons. The van der Waals surface area contributed by atoms with Crippen LogP contribution in [0.1, 0.15) is 10.4 Å². The first-order valence-electron chi connectivity index (χ1n) is 4.91. The Labute approximate surface area is 106 Å². The zero-order valence-electron chi connectivity index (χ0n) is 9.47. The smallest absolute Gasteiger partial charge is 0.338 e. The highest BCUT2D eigenvalue weighted by atomic mass is 32.2. The molecule has 18 heavy (non-hydrogen) atoms. The minimum Gasteiger partial charge on any atom is -0.478 e. The van der Waals surface area contributed by atoms with Crippen molar-refractivity contribution in [3.63, 3.8) is 0 Å². The molecule has 0 atom stereocenters. The van der Waals surface area contributed by atoms with Crippen LogP contribution in [0.5, 0.6) is 0 Å². The van der Waals surface area contributed by atoms with E-state index in [9.17, 15) is 19.3 Å². The Morgan fingerprint density at radius 1 is 1.61 bits per heavy atom. The summed E-state index contributed by atoms with van der Waals surface area (Å²) in [4.78, 5) is 20.7. The summed E-state index contributed by atoms with van der Waals surface area (Å²) in [6.07, 6.45) is 1.86. The van der Waals surface area contributed by atoms with Gasteiger partial charge in [0.05, 0.1) is 16.6 Å². The second-order valence-electron chi connectivity index (χ2n) is 3.33. The third kappa shape index (κ3) is 3.33. The van der Waals surface area contributed by atoms with Gasteiger partial charge in [0.15, 0.2) is 0 Å². The van der Waals surface area contributed by atoms with E-state index in [0.717, 1.165) is 6.07 Å². The van der Waals surface area contributed by atoms with Crippen molar-refractivity contribution in [2.75, 3.05) is 23.9 Å². The van der Waals surface area contributed by atoms with Crippen LogP contribution in [-0.4, -0.2) is 34.6 Å². The van der Waals surface area contributed by atoms with Gasteiger partial charge in [0, 0.05) is 12.3 Å². The van der Waals surface area contributed by atoms with E-state index < -0.39 is 28.0 Å². The minimum atomic E-state index is -1.46. The van der Waals surface area contributed by atoms with Crippen molar-refractivity contribution in [3.8, 4) is 0 Å². The highest BCUT2D eigenvalue weighted by Crippen LogP contribution is 2.27. The van der Waals surface area contributed by atoms with Gasteiger partial charge in [-0.1, -0.05) is 0 Å². The van der Waals surface area contributed by atoms with Gasteiger partial charge in [-0.05, 0) is 12.3 Å². The lowest BCUT2D eigenvalue weighted by Gasteiger charge is -2.08. The number of carboxylic acids is 1. The molecule has 1 aromatic carbocycles. The van der Waals surface area contributed by atoms with E-state index in [2.05, 4.69) is 5.32 Å². The summed E-state index contributed by atoms with van der Waals surface area (Å²) >= 11 is 1.53. The largest absolute Gasteiger partial charge is 0.478 e. The summed E-state index contributed by atoms with van der Waals surface area (Å²) < 4.78 is 13.3. The predicted molar refractivity (Wildman–Crippen MR) is 66.9 cm³/mol. The number of nitrogens with zero attached hydrogens (tertiary/aromatic N) is 1. The van der Waals surface area contributed by atoms with E-state index in [1.807, 2.05) is 6.26 Å². The highest BCUT2D eigenvalue weighted by Gasteiger charge is 2.21. The van der Waals surface area contributed by atoms with E-state index in [1.165, 1.54) is 11.8 Å². The Kier molecular flexibility index (Phi) is 4.90. The SMILES string of the molecule is CSCCNc1cc(C(=O)O)c(F)cc1[N+](=O)[O-]. The number of benzene rings is 1. The zero-order chi connectivity index (χ0) is 13.7. The summed E-state index contributed by atoms with van der Waals surface area (Å²) in [6, 6.07) is 1.56. The molecule has 0 saturated carbocycles. The molecular formula is C10H11FN2O4S. The summed E-state index contributed by atoms with van der Waals surface area (Å²) in [6.45, 7) is 0.423. The van der Waals surface area contributed by atoms with Gasteiger partial charge < -0.3 is 10.4 Å². The third-order valence-electron chi connectivity index (χ3n) is 2.13. The number of thioether (sulfide) groups is 1. The molecule has 0 radical (unpaired) electrons. The predicted octanol–water partition coefficient (Wildman–Crippen LogP) is 2.21. The third-order valence-corrected chi connectivity index (χ3v) is 2.75. The molecule has 0 amide bonds. The number of anilines is 1. The second kappa shape index (κ2) is 6.20. The number of carbonyl (C=O) groups is 1. The van der Waals surface area contributed by atoms with Crippen LogP contribution in [0.25, 0.3) is 0 Å². The Morgan fingerprint density at radius 3 is 2.78 bits per heavy atom. The van der Waals surface area contributed by atoms with Gasteiger partial charge in [-0.3, -0.25) is 10.1 Å². The van der Waals surface area contributed by atoms with Crippen molar-refractivity contribution in [1.82, 2.24) is 0 Å². The molecule has 0 aliphatic carbocycles. The summed E-state index contributed by atoms with van der Waals surface area (Å²) in [5.74, 6) is -1.89. The van der Waals surface area contributed by atoms with Crippen LogP contribution < -0.4 is 5.32 Å². The molecule has 1 aromatic rings. The Morgan fingerprint density at radius 2 is 2.28 bits per heavy atom. The van der Waals surface area contributed by atoms with E-state index in [0.29, 0.717) is 18.4 Å². The summed E-state index contributed by atoms with van der Waals surface area (Å²) in [5.41, 5.74) is -1.06. The molecule has 0 aromatic heterocycles. The van der Waals surface area contributed by atoms with Crippen LogP contribution in [0, 0.1) is 15.9 Å². The number of halogens is 1. The van der Waals surface area contributed by atoms with Gasteiger partial charge in [-0.15, -0.1) is 0 Å². The molecule has 2 N–H and O–H groups in total. The highest BCUT2D eigenvalue weighted by molar-refractivity contribution is 7.98. The average Bonchev–Trinajstić information content (AvgIpc) is 2.30. The number of nitro benzene ring substituents is 1.